The van der Waals surface area contributed by atoms with Crippen molar-refractivity contribution in [3.63, 3.8) is 0 Å². The van der Waals surface area contributed by atoms with Crippen LogP contribution < -0.4 is 0 Å². The molecule has 1 saturated carbocycles. The maximum Gasteiger partial charge on any atom is 0.251 e. The number of nitrogens with zero attached hydrogens (tertiary/aromatic N) is 1. The summed E-state index contributed by atoms with van der Waals surface area (Å²) in [5.41, 5.74) is 0. The van der Waals surface area contributed by atoms with Crippen LogP contribution in [0.5, 0.6) is 0 Å². The quantitative estimate of drug-likeness (QED) is 0.651. The maximum absolute atomic E-state index is 12.2. The number of likely N-dealkylation sites (tertiary alicyclic amines) is 1. The Morgan fingerprint density at radius 1 is 1.21 bits per heavy atom. The van der Waals surface area contributed by atoms with Crippen LogP contribution in [0.2, 0.25) is 0 Å². The lowest BCUT2D eigenvalue weighted by molar-refractivity contribution is 0.0970. The zero-order valence-electron chi connectivity index (χ0n) is 8.13. The summed E-state index contributed by atoms with van der Waals surface area (Å²) in [5, 5.41) is 0.280. The predicted molar refractivity (Wildman–Crippen MR) is 52.9 cm³/mol. The number of rotatable bonds is 2. The zero-order valence-corrected chi connectivity index (χ0v) is 8.89. The second-order valence-corrected chi connectivity index (χ2v) is 5.16. The molecular weight excluding hydrogens is 208 g/mol. The number of halogens is 3. The summed E-state index contributed by atoms with van der Waals surface area (Å²) >= 11 is 6.07. The predicted octanol–water partition coefficient (Wildman–Crippen LogP) is 2.59. The van der Waals surface area contributed by atoms with Crippen molar-refractivity contribution in [1.82, 2.24) is 4.90 Å². The molecule has 0 N–H and O–H groups in total. The number of alkyl halides is 3. The van der Waals surface area contributed by atoms with E-state index in [0.717, 1.165) is 32.4 Å². The van der Waals surface area contributed by atoms with Gasteiger partial charge >= 0.3 is 0 Å². The highest BCUT2D eigenvalue weighted by molar-refractivity contribution is 6.20. The molecule has 3 atom stereocenters. The minimum atomic E-state index is -2.19. The molecular formula is C10H16ClF2N. The Morgan fingerprint density at radius 3 is 2.64 bits per heavy atom. The molecule has 82 valence electrons. The van der Waals surface area contributed by atoms with Gasteiger partial charge in [0, 0.05) is 18.5 Å². The summed E-state index contributed by atoms with van der Waals surface area (Å²) in [6.07, 6.45) is 1.01. The lowest BCUT2D eigenvalue weighted by Gasteiger charge is -2.27. The van der Waals surface area contributed by atoms with Crippen molar-refractivity contribution in [3.05, 3.63) is 0 Å². The van der Waals surface area contributed by atoms with Gasteiger partial charge in [-0.2, -0.15) is 0 Å². The van der Waals surface area contributed by atoms with E-state index in [9.17, 15) is 8.78 Å². The van der Waals surface area contributed by atoms with Crippen LogP contribution in [0.1, 0.15) is 19.3 Å². The summed E-state index contributed by atoms with van der Waals surface area (Å²) in [4.78, 5) is 1.90. The van der Waals surface area contributed by atoms with Crippen LogP contribution in [0.4, 0.5) is 8.78 Å². The van der Waals surface area contributed by atoms with Crippen molar-refractivity contribution >= 4 is 11.6 Å². The second-order valence-electron chi connectivity index (χ2n) is 4.54. The van der Waals surface area contributed by atoms with E-state index in [4.69, 9.17) is 11.6 Å². The minimum absolute atomic E-state index is 0.0556. The number of hydrogen-bond acceptors (Lipinski definition) is 1. The molecule has 3 unspecified atom stereocenters. The first-order valence-electron chi connectivity index (χ1n) is 5.29. The molecule has 1 aliphatic carbocycles. The Bertz CT molecular complexity index is 201. The third kappa shape index (κ3) is 2.37. The molecule has 0 aromatic carbocycles. The van der Waals surface area contributed by atoms with Crippen molar-refractivity contribution in [2.24, 2.45) is 11.8 Å². The standard InChI is InChI=1S/C10H16ClF2N/c11-9-2-1-7-4-14(6-10(12)13)5-8(7)3-9/h7-10H,1-6H2. The molecule has 2 aliphatic rings. The van der Waals surface area contributed by atoms with Crippen LogP contribution in [0.3, 0.4) is 0 Å². The van der Waals surface area contributed by atoms with E-state index in [1.165, 1.54) is 0 Å². The molecule has 2 rings (SSSR count). The van der Waals surface area contributed by atoms with Gasteiger partial charge in [-0.25, -0.2) is 8.78 Å². The van der Waals surface area contributed by atoms with E-state index in [1.807, 2.05) is 4.90 Å². The summed E-state index contributed by atoms with van der Waals surface area (Å²) in [5.74, 6) is 1.20. The monoisotopic (exact) mass is 223 g/mol. The van der Waals surface area contributed by atoms with Gasteiger partial charge in [0.2, 0.25) is 0 Å². The van der Waals surface area contributed by atoms with Gasteiger partial charge in [0.05, 0.1) is 6.54 Å². The molecule has 0 aromatic heterocycles. The minimum Gasteiger partial charge on any atom is -0.297 e. The summed E-state index contributed by atoms with van der Waals surface area (Å²) in [6, 6.07) is 0. The van der Waals surface area contributed by atoms with Crippen molar-refractivity contribution in [2.75, 3.05) is 19.6 Å². The summed E-state index contributed by atoms with van der Waals surface area (Å²) in [7, 11) is 0. The highest BCUT2D eigenvalue weighted by Crippen LogP contribution is 2.38. The average Bonchev–Trinajstić information content (AvgIpc) is 2.44. The molecule has 1 heterocycles. The smallest absolute Gasteiger partial charge is 0.251 e. The number of fused-ring (bicyclic) bond motifs is 1. The maximum atomic E-state index is 12.2. The third-order valence-electron chi connectivity index (χ3n) is 3.46. The van der Waals surface area contributed by atoms with Crippen LogP contribution in [0.25, 0.3) is 0 Å². The molecule has 2 fully saturated rings. The van der Waals surface area contributed by atoms with Crippen LogP contribution >= 0.6 is 11.6 Å². The van der Waals surface area contributed by atoms with Gasteiger partial charge in [-0.15, -0.1) is 11.6 Å². The second kappa shape index (κ2) is 4.31. The largest absolute Gasteiger partial charge is 0.297 e. The zero-order chi connectivity index (χ0) is 10.1. The van der Waals surface area contributed by atoms with E-state index in [-0.39, 0.29) is 11.9 Å². The molecule has 0 bridgehead atoms. The molecule has 1 nitrogen and oxygen atoms in total. The molecule has 4 heteroatoms. The molecule has 0 spiro atoms. The van der Waals surface area contributed by atoms with Gasteiger partial charge in [-0.3, -0.25) is 4.90 Å². The average molecular weight is 224 g/mol. The Kier molecular flexibility index (Phi) is 3.27. The summed E-state index contributed by atoms with van der Waals surface area (Å²) in [6.45, 7) is 1.64. The SMILES string of the molecule is FC(F)CN1CC2CCC(Cl)CC2C1. The van der Waals surface area contributed by atoms with E-state index < -0.39 is 6.43 Å². The Morgan fingerprint density at radius 2 is 1.93 bits per heavy atom. The van der Waals surface area contributed by atoms with E-state index in [1.54, 1.807) is 0 Å². The molecule has 14 heavy (non-hydrogen) atoms. The fourth-order valence-corrected chi connectivity index (χ4v) is 3.17. The highest BCUT2D eigenvalue weighted by atomic mass is 35.5. The first-order chi connectivity index (χ1) is 6.65. The number of hydrogen-bond donors (Lipinski definition) is 0. The van der Waals surface area contributed by atoms with Crippen molar-refractivity contribution in [1.29, 1.82) is 0 Å². The van der Waals surface area contributed by atoms with Gasteiger partial charge < -0.3 is 0 Å². The van der Waals surface area contributed by atoms with Crippen molar-refractivity contribution in [3.8, 4) is 0 Å². The topological polar surface area (TPSA) is 3.24 Å². The molecule has 0 radical (unpaired) electrons. The first kappa shape index (κ1) is 10.6. The fraction of sp³-hybridized carbons (Fsp3) is 1.00. The molecule has 1 aliphatic heterocycles. The fourth-order valence-electron chi connectivity index (χ4n) is 2.82. The van der Waals surface area contributed by atoms with Crippen LogP contribution in [0, 0.1) is 11.8 Å². The van der Waals surface area contributed by atoms with Gasteiger partial charge in [0.25, 0.3) is 6.43 Å². The highest BCUT2D eigenvalue weighted by Gasteiger charge is 2.37. The van der Waals surface area contributed by atoms with Gasteiger partial charge in [-0.05, 0) is 31.1 Å². The Hall–Kier alpha value is 0.110. The van der Waals surface area contributed by atoms with Crippen molar-refractivity contribution in [2.45, 2.75) is 31.1 Å². The van der Waals surface area contributed by atoms with Gasteiger partial charge in [-0.1, -0.05) is 0 Å². The van der Waals surface area contributed by atoms with Crippen LogP contribution in [0.15, 0.2) is 0 Å². The Balaban J connectivity index is 1.86. The molecule has 0 aromatic rings. The lowest BCUT2D eigenvalue weighted by Crippen LogP contribution is -2.26. The van der Waals surface area contributed by atoms with Crippen LogP contribution in [-0.2, 0) is 0 Å². The lowest BCUT2D eigenvalue weighted by atomic mass is 9.82. The van der Waals surface area contributed by atoms with E-state index in [0.29, 0.717) is 11.8 Å². The molecule has 0 amide bonds. The normalized spacial score (nSPS) is 39.0. The molecule has 1 saturated heterocycles. The van der Waals surface area contributed by atoms with E-state index in [2.05, 4.69) is 0 Å². The Labute approximate surface area is 88.4 Å². The van der Waals surface area contributed by atoms with Gasteiger partial charge in [0.1, 0.15) is 0 Å². The van der Waals surface area contributed by atoms with Gasteiger partial charge in [0.15, 0.2) is 0 Å². The summed E-state index contributed by atoms with van der Waals surface area (Å²) < 4.78 is 24.3. The third-order valence-corrected chi connectivity index (χ3v) is 3.85. The van der Waals surface area contributed by atoms with E-state index >= 15 is 0 Å². The first-order valence-corrected chi connectivity index (χ1v) is 5.73. The van der Waals surface area contributed by atoms with Crippen molar-refractivity contribution < 1.29 is 8.78 Å². The van der Waals surface area contributed by atoms with Crippen LogP contribution in [-0.4, -0.2) is 36.3 Å².